The minimum atomic E-state index is 0.0943. The van der Waals surface area contributed by atoms with Gasteiger partial charge in [0.15, 0.2) is 0 Å². The van der Waals surface area contributed by atoms with E-state index >= 15 is 0 Å². The normalized spacial score (nSPS) is 25.2. The van der Waals surface area contributed by atoms with E-state index in [-0.39, 0.29) is 12.1 Å². The molecule has 2 heteroatoms. The van der Waals surface area contributed by atoms with Gasteiger partial charge in [0.25, 0.3) is 0 Å². The van der Waals surface area contributed by atoms with Crippen LogP contribution in [-0.4, -0.2) is 12.6 Å². The number of rotatable bonds is 3. The molecule has 1 fully saturated rings. The lowest BCUT2D eigenvalue weighted by Gasteiger charge is -2.29. The van der Waals surface area contributed by atoms with Gasteiger partial charge in [-0.2, -0.15) is 0 Å². The van der Waals surface area contributed by atoms with Crippen LogP contribution in [-0.2, 0) is 11.2 Å². The maximum absolute atomic E-state index is 6.10. The summed E-state index contributed by atoms with van der Waals surface area (Å²) >= 11 is 0. The largest absolute Gasteiger partial charge is 0.372 e. The second kappa shape index (κ2) is 5.65. The highest BCUT2D eigenvalue weighted by atomic mass is 16.5. The highest BCUT2D eigenvalue weighted by Crippen LogP contribution is 2.27. The van der Waals surface area contributed by atoms with Gasteiger partial charge >= 0.3 is 0 Å². The molecule has 2 atom stereocenters. The Morgan fingerprint density at radius 1 is 1.29 bits per heavy atom. The molecule has 2 N–H and O–H groups in total. The standard InChI is InChI=1S/C15H23NO/c1-11(2)10-12-5-7-13(8-6-12)15-14(16)4-3-9-17-15/h5-8,11,14-15H,3-4,9-10,16H2,1-2H3. The average Bonchev–Trinajstić information content (AvgIpc) is 2.30. The summed E-state index contributed by atoms with van der Waals surface area (Å²) in [5, 5.41) is 0. The van der Waals surface area contributed by atoms with Gasteiger partial charge in [-0.1, -0.05) is 38.1 Å². The smallest absolute Gasteiger partial charge is 0.0975 e. The van der Waals surface area contributed by atoms with E-state index in [1.807, 2.05) is 0 Å². The van der Waals surface area contributed by atoms with Crippen molar-refractivity contribution in [1.29, 1.82) is 0 Å². The third-order valence-electron chi connectivity index (χ3n) is 3.32. The van der Waals surface area contributed by atoms with Crippen LogP contribution in [0.5, 0.6) is 0 Å². The molecule has 0 bridgehead atoms. The van der Waals surface area contributed by atoms with Crippen molar-refractivity contribution in [2.24, 2.45) is 11.7 Å². The molecule has 2 unspecified atom stereocenters. The topological polar surface area (TPSA) is 35.2 Å². The van der Waals surface area contributed by atoms with E-state index in [9.17, 15) is 0 Å². The predicted octanol–water partition coefficient (Wildman–Crippen LogP) is 3.06. The highest BCUT2D eigenvalue weighted by molar-refractivity contribution is 5.25. The fourth-order valence-corrected chi connectivity index (χ4v) is 2.46. The van der Waals surface area contributed by atoms with Gasteiger partial charge in [0.1, 0.15) is 0 Å². The zero-order valence-electron chi connectivity index (χ0n) is 10.9. The van der Waals surface area contributed by atoms with Crippen molar-refractivity contribution >= 4 is 0 Å². The molecule has 17 heavy (non-hydrogen) atoms. The third kappa shape index (κ3) is 3.30. The molecule has 94 valence electrons. The minimum Gasteiger partial charge on any atom is -0.372 e. The molecule has 0 saturated carbocycles. The van der Waals surface area contributed by atoms with Crippen LogP contribution in [0.1, 0.15) is 43.9 Å². The van der Waals surface area contributed by atoms with Crippen molar-refractivity contribution in [3.63, 3.8) is 0 Å². The van der Waals surface area contributed by atoms with Crippen molar-refractivity contribution in [3.05, 3.63) is 35.4 Å². The van der Waals surface area contributed by atoms with Crippen LogP contribution in [0.15, 0.2) is 24.3 Å². The first-order valence-electron chi connectivity index (χ1n) is 6.63. The summed E-state index contributed by atoms with van der Waals surface area (Å²) in [5.74, 6) is 0.703. The van der Waals surface area contributed by atoms with Crippen LogP contribution in [0.3, 0.4) is 0 Å². The number of ether oxygens (including phenoxy) is 1. The van der Waals surface area contributed by atoms with Crippen molar-refractivity contribution in [1.82, 2.24) is 0 Å². The van der Waals surface area contributed by atoms with Gasteiger partial charge in [-0.05, 0) is 36.3 Å². The van der Waals surface area contributed by atoms with Crippen molar-refractivity contribution in [2.45, 2.75) is 45.3 Å². The van der Waals surface area contributed by atoms with Gasteiger partial charge < -0.3 is 10.5 Å². The summed E-state index contributed by atoms with van der Waals surface area (Å²) in [6.07, 6.45) is 3.39. The van der Waals surface area contributed by atoms with Gasteiger partial charge in [0, 0.05) is 12.6 Å². The van der Waals surface area contributed by atoms with E-state index in [1.165, 1.54) is 11.1 Å². The van der Waals surface area contributed by atoms with Gasteiger partial charge in [-0.25, -0.2) is 0 Å². The molecule has 1 aromatic carbocycles. The van der Waals surface area contributed by atoms with Crippen LogP contribution in [0, 0.1) is 5.92 Å². The van der Waals surface area contributed by atoms with Crippen molar-refractivity contribution in [3.8, 4) is 0 Å². The van der Waals surface area contributed by atoms with E-state index in [0.29, 0.717) is 5.92 Å². The molecule has 0 amide bonds. The second-order valence-corrected chi connectivity index (χ2v) is 5.44. The summed E-state index contributed by atoms with van der Waals surface area (Å²) in [4.78, 5) is 0. The lowest BCUT2D eigenvalue weighted by molar-refractivity contribution is 0.000138. The van der Waals surface area contributed by atoms with Gasteiger partial charge in [-0.15, -0.1) is 0 Å². The maximum Gasteiger partial charge on any atom is 0.0975 e. The van der Waals surface area contributed by atoms with Gasteiger partial charge in [-0.3, -0.25) is 0 Å². The molecule has 2 rings (SSSR count). The zero-order chi connectivity index (χ0) is 12.3. The molecule has 2 nitrogen and oxygen atoms in total. The van der Waals surface area contributed by atoms with Crippen LogP contribution >= 0.6 is 0 Å². The molecule has 1 aliphatic heterocycles. The number of benzene rings is 1. The maximum atomic E-state index is 6.10. The average molecular weight is 233 g/mol. The molecule has 1 heterocycles. The molecule has 0 spiro atoms. The van der Waals surface area contributed by atoms with Crippen LogP contribution < -0.4 is 5.73 Å². The molecule has 0 radical (unpaired) electrons. The summed E-state index contributed by atoms with van der Waals surface area (Å²) in [6.45, 7) is 5.33. The van der Waals surface area contributed by atoms with E-state index in [4.69, 9.17) is 10.5 Å². The van der Waals surface area contributed by atoms with Crippen LogP contribution in [0.2, 0.25) is 0 Å². The lowest BCUT2D eigenvalue weighted by atomic mass is 9.94. The van der Waals surface area contributed by atoms with E-state index in [1.54, 1.807) is 0 Å². The number of hydrogen-bond donors (Lipinski definition) is 1. The summed E-state index contributed by atoms with van der Waals surface area (Å²) in [5.41, 5.74) is 8.73. The molecule has 0 aromatic heterocycles. The van der Waals surface area contributed by atoms with Crippen LogP contribution in [0.4, 0.5) is 0 Å². The van der Waals surface area contributed by atoms with Crippen molar-refractivity contribution in [2.75, 3.05) is 6.61 Å². The first-order chi connectivity index (χ1) is 8.16. The molecular weight excluding hydrogens is 210 g/mol. The Labute approximate surface area is 104 Å². The van der Waals surface area contributed by atoms with Crippen molar-refractivity contribution < 1.29 is 4.74 Å². The minimum absolute atomic E-state index is 0.0943. The second-order valence-electron chi connectivity index (χ2n) is 5.44. The Morgan fingerprint density at radius 3 is 2.59 bits per heavy atom. The molecule has 1 aromatic rings. The Morgan fingerprint density at radius 2 is 2.00 bits per heavy atom. The predicted molar refractivity (Wildman–Crippen MR) is 70.9 cm³/mol. The number of nitrogens with two attached hydrogens (primary N) is 1. The summed E-state index contributed by atoms with van der Waals surface area (Å²) in [7, 11) is 0. The molecule has 0 aliphatic carbocycles. The van der Waals surface area contributed by atoms with E-state index < -0.39 is 0 Å². The summed E-state index contributed by atoms with van der Waals surface area (Å²) in [6, 6.07) is 8.92. The molecule has 1 saturated heterocycles. The Kier molecular flexibility index (Phi) is 4.19. The summed E-state index contributed by atoms with van der Waals surface area (Å²) < 4.78 is 5.77. The van der Waals surface area contributed by atoms with Gasteiger partial charge in [0.2, 0.25) is 0 Å². The zero-order valence-corrected chi connectivity index (χ0v) is 10.9. The fraction of sp³-hybridized carbons (Fsp3) is 0.600. The Balaban J connectivity index is 2.06. The van der Waals surface area contributed by atoms with E-state index in [2.05, 4.69) is 38.1 Å². The Bertz CT molecular complexity index is 344. The number of hydrogen-bond acceptors (Lipinski definition) is 2. The SMILES string of the molecule is CC(C)Cc1ccc(C2OCCCC2N)cc1. The molecular formula is C15H23NO. The molecule has 1 aliphatic rings. The fourth-order valence-electron chi connectivity index (χ4n) is 2.46. The monoisotopic (exact) mass is 233 g/mol. The Hall–Kier alpha value is -0.860. The van der Waals surface area contributed by atoms with E-state index in [0.717, 1.165) is 25.9 Å². The third-order valence-corrected chi connectivity index (χ3v) is 3.32. The van der Waals surface area contributed by atoms with Gasteiger partial charge in [0.05, 0.1) is 6.10 Å². The quantitative estimate of drug-likeness (QED) is 0.871. The first kappa shape index (κ1) is 12.6. The highest BCUT2D eigenvalue weighted by Gasteiger charge is 2.23. The lowest BCUT2D eigenvalue weighted by Crippen LogP contribution is -2.34. The van der Waals surface area contributed by atoms with Crippen LogP contribution in [0.25, 0.3) is 0 Å². The first-order valence-corrected chi connectivity index (χ1v) is 6.63.